The molecule has 0 amide bonds. The fourth-order valence-corrected chi connectivity index (χ4v) is 10.7. The van der Waals surface area contributed by atoms with E-state index < -0.39 is 11.5 Å². The van der Waals surface area contributed by atoms with Gasteiger partial charge in [0.25, 0.3) is 0 Å². The molecule has 0 saturated heterocycles. The van der Waals surface area contributed by atoms with Crippen molar-refractivity contribution >= 4 is 0 Å². The Balaban J connectivity index is 1.56. The van der Waals surface area contributed by atoms with Crippen LogP contribution in [0.5, 0.6) is 0 Å². The predicted molar refractivity (Wildman–Crippen MR) is 135 cm³/mol. The summed E-state index contributed by atoms with van der Waals surface area (Å²) in [5.74, 6) is 1.58. The standard InChI is InChI=1S/C30H50O4/c1-7-30-16-25(34)26(2,3)15-20(30)18-8-9-21-27(4,19(18)14-24(30)33)12-10-22-28(21,5)13-11-23(32)29(22,6)17-31/h8,19-25,31-34H,7,9-17H2,1-6H3/t19?,20?,21?,22?,23-,24+,25-,27-,28+,29+,30-/m0/s1. The quantitative estimate of drug-likeness (QED) is 0.421. The summed E-state index contributed by atoms with van der Waals surface area (Å²) in [6.45, 7) is 13.7. The van der Waals surface area contributed by atoms with Crippen molar-refractivity contribution in [2.45, 2.75) is 118 Å². The molecular formula is C30H50O4. The molecule has 0 aliphatic heterocycles. The molecule has 4 heteroatoms. The lowest BCUT2D eigenvalue weighted by molar-refractivity contribution is -0.210. The van der Waals surface area contributed by atoms with Crippen molar-refractivity contribution < 1.29 is 20.4 Å². The summed E-state index contributed by atoms with van der Waals surface area (Å²) in [4.78, 5) is 0. The third-order valence-electron chi connectivity index (χ3n) is 13.1. The summed E-state index contributed by atoms with van der Waals surface area (Å²) >= 11 is 0. The molecule has 34 heavy (non-hydrogen) atoms. The van der Waals surface area contributed by atoms with Crippen LogP contribution in [0.1, 0.15) is 99.3 Å². The first-order valence-corrected chi connectivity index (χ1v) is 14.1. The number of rotatable bonds is 2. The second-order valence-electron chi connectivity index (χ2n) is 14.7. The van der Waals surface area contributed by atoms with Crippen LogP contribution in [0.25, 0.3) is 0 Å². The largest absolute Gasteiger partial charge is 0.396 e. The zero-order chi connectivity index (χ0) is 24.9. The number of hydrogen-bond acceptors (Lipinski definition) is 4. The van der Waals surface area contributed by atoms with Gasteiger partial charge in [-0.1, -0.05) is 53.2 Å². The minimum atomic E-state index is -0.425. The topological polar surface area (TPSA) is 80.9 Å². The van der Waals surface area contributed by atoms with Gasteiger partial charge in [0.1, 0.15) is 0 Å². The van der Waals surface area contributed by atoms with Gasteiger partial charge in [-0.05, 0) is 97.7 Å². The van der Waals surface area contributed by atoms with E-state index in [-0.39, 0.29) is 40.5 Å². The molecule has 11 atom stereocenters. The number of fused-ring (bicyclic) bond motifs is 7. The van der Waals surface area contributed by atoms with Crippen LogP contribution in [0.3, 0.4) is 0 Å². The molecule has 5 aliphatic carbocycles. The molecule has 4 N–H and O–H groups in total. The lowest BCUT2D eigenvalue weighted by Crippen LogP contribution is -2.65. The van der Waals surface area contributed by atoms with Crippen LogP contribution >= 0.6 is 0 Å². The van der Waals surface area contributed by atoms with Crippen molar-refractivity contribution in [1.29, 1.82) is 0 Å². The molecule has 0 heterocycles. The van der Waals surface area contributed by atoms with E-state index in [1.54, 1.807) is 5.57 Å². The number of aliphatic hydroxyl groups is 4. The molecule has 4 saturated carbocycles. The normalized spacial score (nSPS) is 56.4. The van der Waals surface area contributed by atoms with Crippen LogP contribution in [0.15, 0.2) is 11.6 Å². The van der Waals surface area contributed by atoms with Crippen LogP contribution in [0, 0.1) is 50.7 Å². The highest BCUT2D eigenvalue weighted by atomic mass is 16.3. The monoisotopic (exact) mass is 474 g/mol. The Labute approximate surface area is 207 Å². The van der Waals surface area contributed by atoms with Gasteiger partial charge in [-0.15, -0.1) is 0 Å². The van der Waals surface area contributed by atoms with Gasteiger partial charge in [-0.2, -0.15) is 0 Å². The lowest BCUT2D eigenvalue weighted by Gasteiger charge is -2.69. The highest BCUT2D eigenvalue weighted by Crippen LogP contribution is 2.72. The molecule has 0 bridgehead atoms. The average Bonchev–Trinajstić information content (AvgIpc) is 2.78. The summed E-state index contributed by atoms with van der Waals surface area (Å²) in [5, 5.41) is 44.0. The Morgan fingerprint density at radius 1 is 0.824 bits per heavy atom. The van der Waals surface area contributed by atoms with Crippen LogP contribution in [-0.2, 0) is 0 Å². The van der Waals surface area contributed by atoms with Gasteiger partial charge >= 0.3 is 0 Å². The van der Waals surface area contributed by atoms with Gasteiger partial charge in [0.2, 0.25) is 0 Å². The molecular weight excluding hydrogens is 424 g/mol. The summed E-state index contributed by atoms with van der Waals surface area (Å²) in [7, 11) is 0. The van der Waals surface area contributed by atoms with E-state index in [1.807, 2.05) is 0 Å². The highest BCUT2D eigenvalue weighted by molar-refractivity contribution is 5.31. The Morgan fingerprint density at radius 2 is 1.50 bits per heavy atom. The van der Waals surface area contributed by atoms with E-state index in [1.165, 1.54) is 0 Å². The van der Waals surface area contributed by atoms with Gasteiger partial charge in [0, 0.05) is 10.8 Å². The molecule has 4 unspecified atom stereocenters. The smallest absolute Gasteiger partial charge is 0.0618 e. The van der Waals surface area contributed by atoms with E-state index in [4.69, 9.17) is 0 Å². The van der Waals surface area contributed by atoms with Crippen LogP contribution in [0.2, 0.25) is 0 Å². The van der Waals surface area contributed by atoms with Crippen molar-refractivity contribution in [1.82, 2.24) is 0 Å². The summed E-state index contributed by atoms with van der Waals surface area (Å²) in [6, 6.07) is 0. The van der Waals surface area contributed by atoms with E-state index >= 15 is 0 Å². The maximum atomic E-state index is 11.7. The second-order valence-corrected chi connectivity index (χ2v) is 14.7. The second kappa shape index (κ2) is 7.79. The molecule has 0 spiro atoms. The third kappa shape index (κ3) is 3.04. The van der Waals surface area contributed by atoms with E-state index in [9.17, 15) is 20.4 Å². The van der Waals surface area contributed by atoms with Gasteiger partial charge in [-0.25, -0.2) is 0 Å². The Morgan fingerprint density at radius 3 is 2.15 bits per heavy atom. The maximum absolute atomic E-state index is 11.7. The van der Waals surface area contributed by atoms with Crippen LogP contribution in [0.4, 0.5) is 0 Å². The minimum Gasteiger partial charge on any atom is -0.396 e. The van der Waals surface area contributed by atoms with E-state index in [0.29, 0.717) is 30.1 Å². The predicted octanol–water partition coefficient (Wildman–Crippen LogP) is 5.08. The minimum absolute atomic E-state index is 0.0552. The van der Waals surface area contributed by atoms with Crippen LogP contribution < -0.4 is 0 Å². The van der Waals surface area contributed by atoms with Gasteiger partial charge in [-0.3, -0.25) is 0 Å². The fraction of sp³-hybridized carbons (Fsp3) is 0.933. The number of allylic oxidation sites excluding steroid dienone is 2. The molecule has 0 radical (unpaired) electrons. The van der Waals surface area contributed by atoms with Gasteiger partial charge in [0.05, 0.1) is 24.9 Å². The van der Waals surface area contributed by atoms with Crippen molar-refractivity contribution in [2.75, 3.05) is 6.61 Å². The molecule has 4 fully saturated rings. The Kier molecular flexibility index (Phi) is 5.78. The van der Waals surface area contributed by atoms with Crippen molar-refractivity contribution in [3.63, 3.8) is 0 Å². The molecule has 0 aromatic carbocycles. The SMILES string of the molecule is CC[C@]12C[C@H](O)C(C)(C)CC1C1=CCC3[C@@](C)(CCC4[C@]3(C)CC[C@H](O)[C@]4(C)CO)C1C[C@H]2O. The maximum Gasteiger partial charge on any atom is 0.0618 e. The molecule has 0 aromatic heterocycles. The number of hydrogen-bond donors (Lipinski definition) is 4. The molecule has 0 aromatic rings. The first kappa shape index (κ1) is 25.2. The average molecular weight is 475 g/mol. The molecule has 5 aliphatic rings. The summed E-state index contributed by atoms with van der Waals surface area (Å²) in [6.07, 6.45) is 9.83. The molecule has 4 nitrogen and oxygen atoms in total. The van der Waals surface area contributed by atoms with E-state index in [2.05, 4.69) is 47.6 Å². The lowest BCUT2D eigenvalue weighted by atomic mass is 9.36. The zero-order valence-electron chi connectivity index (χ0n) is 22.5. The summed E-state index contributed by atoms with van der Waals surface area (Å²) < 4.78 is 0. The third-order valence-corrected chi connectivity index (χ3v) is 13.1. The Hall–Kier alpha value is -0.420. The highest BCUT2D eigenvalue weighted by Gasteiger charge is 2.67. The van der Waals surface area contributed by atoms with Gasteiger partial charge < -0.3 is 20.4 Å². The summed E-state index contributed by atoms with van der Waals surface area (Å²) in [5.41, 5.74) is 1.06. The van der Waals surface area contributed by atoms with Crippen molar-refractivity contribution in [2.24, 2.45) is 50.7 Å². The first-order chi connectivity index (χ1) is 15.8. The van der Waals surface area contributed by atoms with Crippen molar-refractivity contribution in [3.8, 4) is 0 Å². The fourth-order valence-electron chi connectivity index (χ4n) is 10.7. The van der Waals surface area contributed by atoms with Crippen LogP contribution in [-0.4, -0.2) is 45.3 Å². The number of aliphatic hydroxyl groups excluding tert-OH is 4. The van der Waals surface area contributed by atoms with Gasteiger partial charge in [0.15, 0.2) is 0 Å². The molecule has 5 rings (SSSR count). The zero-order valence-corrected chi connectivity index (χ0v) is 22.5. The van der Waals surface area contributed by atoms with E-state index in [0.717, 1.165) is 51.4 Å². The Bertz CT molecular complexity index is 851. The molecule has 194 valence electrons. The first-order valence-electron chi connectivity index (χ1n) is 14.1. The van der Waals surface area contributed by atoms with Crippen molar-refractivity contribution in [3.05, 3.63) is 11.6 Å².